The summed E-state index contributed by atoms with van der Waals surface area (Å²) in [6, 6.07) is 11.9. The van der Waals surface area contributed by atoms with E-state index in [1.807, 2.05) is 13.0 Å². The summed E-state index contributed by atoms with van der Waals surface area (Å²) >= 11 is 0. The molecule has 0 aliphatic carbocycles. The van der Waals surface area contributed by atoms with Gasteiger partial charge in [0, 0.05) is 50.2 Å². The second kappa shape index (κ2) is 7.76. The van der Waals surface area contributed by atoms with Crippen LogP contribution in [0.1, 0.15) is 16.1 Å². The molecule has 1 aromatic carbocycles. The van der Waals surface area contributed by atoms with Gasteiger partial charge in [-0.25, -0.2) is 8.42 Å². The predicted octanol–water partition coefficient (Wildman–Crippen LogP) is 2.19. The molecule has 2 aromatic heterocycles. The van der Waals surface area contributed by atoms with Crippen LogP contribution in [0.3, 0.4) is 0 Å². The summed E-state index contributed by atoms with van der Waals surface area (Å²) < 4.78 is 32.3. The minimum absolute atomic E-state index is 0.193. The Morgan fingerprint density at radius 3 is 2.45 bits per heavy atom. The summed E-state index contributed by atoms with van der Waals surface area (Å²) in [6.07, 6.45) is 3.28. The van der Waals surface area contributed by atoms with E-state index in [1.54, 1.807) is 53.7 Å². The fourth-order valence-corrected chi connectivity index (χ4v) is 4.60. The summed E-state index contributed by atoms with van der Waals surface area (Å²) in [5, 5.41) is 3.87. The van der Waals surface area contributed by atoms with Crippen LogP contribution in [0.15, 0.2) is 64.3 Å². The van der Waals surface area contributed by atoms with E-state index in [0.29, 0.717) is 18.8 Å². The van der Waals surface area contributed by atoms with Crippen molar-refractivity contribution in [3.63, 3.8) is 0 Å². The Labute approximate surface area is 168 Å². The van der Waals surface area contributed by atoms with Gasteiger partial charge in [-0.15, -0.1) is 0 Å². The lowest BCUT2D eigenvalue weighted by molar-refractivity contribution is 0.0687. The SMILES string of the molecule is Cc1ccc(S(=O)(=O)N2CCN(C(=O)c3cc(-c4cccnc4)on3)CC2)cc1. The molecule has 0 N–H and O–H groups in total. The molecule has 1 fully saturated rings. The van der Waals surface area contributed by atoms with Crippen molar-refractivity contribution in [1.29, 1.82) is 0 Å². The number of carbonyl (C=O) groups is 1. The van der Waals surface area contributed by atoms with E-state index in [9.17, 15) is 13.2 Å². The zero-order valence-electron chi connectivity index (χ0n) is 15.9. The topological polar surface area (TPSA) is 96.6 Å². The van der Waals surface area contributed by atoms with Crippen LogP contribution in [0.2, 0.25) is 0 Å². The Kier molecular flexibility index (Phi) is 5.16. The third-order valence-electron chi connectivity index (χ3n) is 4.86. The normalized spacial score (nSPS) is 15.4. The van der Waals surface area contributed by atoms with Crippen molar-refractivity contribution < 1.29 is 17.7 Å². The molecule has 3 heterocycles. The quantitative estimate of drug-likeness (QED) is 0.652. The Hall–Kier alpha value is -3.04. The van der Waals surface area contributed by atoms with Crippen LogP contribution in [0.5, 0.6) is 0 Å². The van der Waals surface area contributed by atoms with Crippen molar-refractivity contribution in [2.24, 2.45) is 0 Å². The first-order valence-corrected chi connectivity index (χ1v) is 10.6. The maximum atomic E-state index is 12.8. The number of benzene rings is 1. The number of pyridine rings is 1. The standard InChI is InChI=1S/C20H20N4O4S/c1-15-4-6-17(7-5-15)29(26,27)24-11-9-23(10-12-24)20(25)18-13-19(28-22-18)16-3-2-8-21-14-16/h2-8,13-14H,9-12H2,1H3. The van der Waals surface area contributed by atoms with Crippen LogP contribution in [-0.2, 0) is 10.0 Å². The van der Waals surface area contributed by atoms with Gasteiger partial charge in [-0.2, -0.15) is 4.31 Å². The van der Waals surface area contributed by atoms with Gasteiger partial charge in [-0.3, -0.25) is 9.78 Å². The highest BCUT2D eigenvalue weighted by molar-refractivity contribution is 7.89. The van der Waals surface area contributed by atoms with Crippen molar-refractivity contribution in [3.05, 3.63) is 66.1 Å². The molecule has 1 aliphatic heterocycles. The van der Waals surface area contributed by atoms with Crippen LogP contribution < -0.4 is 0 Å². The second-order valence-corrected chi connectivity index (χ2v) is 8.77. The highest BCUT2D eigenvalue weighted by atomic mass is 32.2. The van der Waals surface area contributed by atoms with Crippen molar-refractivity contribution in [2.45, 2.75) is 11.8 Å². The third-order valence-corrected chi connectivity index (χ3v) is 6.77. The lowest BCUT2D eigenvalue weighted by Gasteiger charge is -2.33. The van der Waals surface area contributed by atoms with Gasteiger partial charge in [0.25, 0.3) is 5.91 Å². The van der Waals surface area contributed by atoms with Gasteiger partial charge in [0.15, 0.2) is 11.5 Å². The maximum absolute atomic E-state index is 12.8. The molecule has 4 rings (SSSR count). The van der Waals surface area contributed by atoms with Crippen LogP contribution in [0.25, 0.3) is 11.3 Å². The summed E-state index contributed by atoms with van der Waals surface area (Å²) in [5.74, 6) is 0.179. The Morgan fingerprint density at radius 2 is 1.79 bits per heavy atom. The lowest BCUT2D eigenvalue weighted by atomic mass is 10.2. The second-order valence-electron chi connectivity index (χ2n) is 6.83. The Bertz CT molecular complexity index is 1100. The number of hydrogen-bond donors (Lipinski definition) is 0. The number of sulfonamides is 1. The van der Waals surface area contributed by atoms with Crippen LogP contribution in [-0.4, -0.2) is 59.8 Å². The Morgan fingerprint density at radius 1 is 1.07 bits per heavy atom. The molecule has 0 atom stereocenters. The molecule has 3 aromatic rings. The number of nitrogens with zero attached hydrogens (tertiary/aromatic N) is 4. The van der Waals surface area contributed by atoms with E-state index in [-0.39, 0.29) is 29.6 Å². The first-order valence-electron chi connectivity index (χ1n) is 9.18. The van der Waals surface area contributed by atoms with E-state index in [2.05, 4.69) is 10.1 Å². The van der Waals surface area contributed by atoms with Crippen LogP contribution in [0.4, 0.5) is 0 Å². The van der Waals surface area contributed by atoms with Crippen LogP contribution in [0, 0.1) is 6.92 Å². The van der Waals surface area contributed by atoms with Crippen molar-refractivity contribution >= 4 is 15.9 Å². The van der Waals surface area contributed by atoms with Gasteiger partial charge < -0.3 is 9.42 Å². The number of amides is 1. The molecule has 1 saturated heterocycles. The van der Waals surface area contributed by atoms with Gasteiger partial charge in [-0.1, -0.05) is 22.9 Å². The number of rotatable bonds is 4. The van der Waals surface area contributed by atoms with E-state index in [4.69, 9.17) is 4.52 Å². The largest absolute Gasteiger partial charge is 0.355 e. The van der Waals surface area contributed by atoms with Crippen molar-refractivity contribution in [1.82, 2.24) is 19.3 Å². The molecule has 0 spiro atoms. The van der Waals surface area contributed by atoms with E-state index in [1.165, 1.54) is 4.31 Å². The zero-order valence-corrected chi connectivity index (χ0v) is 16.7. The van der Waals surface area contributed by atoms with Gasteiger partial charge in [0.05, 0.1) is 4.90 Å². The van der Waals surface area contributed by atoms with Gasteiger partial charge in [-0.05, 0) is 31.2 Å². The number of aromatic nitrogens is 2. The Balaban J connectivity index is 1.42. The molecule has 8 nitrogen and oxygen atoms in total. The van der Waals surface area contributed by atoms with Gasteiger partial charge >= 0.3 is 0 Å². The minimum Gasteiger partial charge on any atom is -0.355 e. The average molecular weight is 412 g/mol. The summed E-state index contributed by atoms with van der Waals surface area (Å²) in [6.45, 7) is 2.95. The average Bonchev–Trinajstić information content (AvgIpc) is 3.24. The smallest absolute Gasteiger partial charge is 0.276 e. The van der Waals surface area contributed by atoms with Gasteiger partial charge in [0.2, 0.25) is 10.0 Å². The lowest BCUT2D eigenvalue weighted by Crippen LogP contribution is -2.50. The third kappa shape index (κ3) is 3.92. The molecule has 0 unspecified atom stereocenters. The highest BCUT2D eigenvalue weighted by Gasteiger charge is 2.31. The molecule has 150 valence electrons. The molecule has 0 saturated carbocycles. The molecule has 1 amide bonds. The van der Waals surface area contributed by atoms with Gasteiger partial charge in [0.1, 0.15) is 0 Å². The molecule has 29 heavy (non-hydrogen) atoms. The zero-order chi connectivity index (χ0) is 20.4. The van der Waals surface area contributed by atoms with Crippen molar-refractivity contribution in [3.8, 4) is 11.3 Å². The van der Waals surface area contributed by atoms with E-state index < -0.39 is 10.0 Å². The first kappa shape index (κ1) is 19.3. The molecule has 9 heteroatoms. The van der Waals surface area contributed by atoms with E-state index >= 15 is 0 Å². The summed E-state index contributed by atoms with van der Waals surface area (Å²) in [5.41, 5.74) is 1.92. The molecular weight excluding hydrogens is 392 g/mol. The van der Waals surface area contributed by atoms with E-state index in [0.717, 1.165) is 11.1 Å². The first-order chi connectivity index (χ1) is 13.9. The summed E-state index contributed by atoms with van der Waals surface area (Å²) in [4.78, 5) is 18.6. The van der Waals surface area contributed by atoms with Crippen LogP contribution >= 0.6 is 0 Å². The number of carbonyl (C=O) groups excluding carboxylic acids is 1. The molecule has 0 bridgehead atoms. The van der Waals surface area contributed by atoms with Crippen molar-refractivity contribution in [2.75, 3.05) is 26.2 Å². The fraction of sp³-hybridized carbons (Fsp3) is 0.250. The number of piperazine rings is 1. The summed E-state index contributed by atoms with van der Waals surface area (Å²) in [7, 11) is -3.57. The fourth-order valence-electron chi connectivity index (χ4n) is 3.17. The number of hydrogen-bond acceptors (Lipinski definition) is 6. The molecule has 1 aliphatic rings. The number of aryl methyl sites for hydroxylation is 1. The maximum Gasteiger partial charge on any atom is 0.276 e. The monoisotopic (exact) mass is 412 g/mol. The minimum atomic E-state index is -3.57. The predicted molar refractivity (Wildman–Crippen MR) is 106 cm³/mol. The highest BCUT2D eigenvalue weighted by Crippen LogP contribution is 2.21. The molecule has 0 radical (unpaired) electrons. The molecular formula is C20H20N4O4S.